The summed E-state index contributed by atoms with van der Waals surface area (Å²) in [5.41, 5.74) is 3.45. The molecular weight excluding hydrogens is 497 g/mol. The molecule has 3 aromatic rings. The van der Waals surface area contributed by atoms with E-state index in [4.69, 9.17) is 0 Å². The van der Waals surface area contributed by atoms with Gasteiger partial charge < -0.3 is 10.6 Å². The van der Waals surface area contributed by atoms with E-state index in [1.807, 2.05) is 18.2 Å². The van der Waals surface area contributed by atoms with Crippen LogP contribution >= 0.6 is 0 Å². The Morgan fingerprint density at radius 2 is 2.03 bits per heavy atom. The minimum absolute atomic E-state index is 0.0810. The van der Waals surface area contributed by atoms with Gasteiger partial charge in [-0.2, -0.15) is 23.4 Å². The molecular formula is C26H25F3N8O. The van der Waals surface area contributed by atoms with Crippen molar-refractivity contribution in [3.05, 3.63) is 65.1 Å². The minimum Gasteiger partial charge on any atom is -0.324 e. The highest BCUT2D eigenvalue weighted by atomic mass is 19.4. The van der Waals surface area contributed by atoms with Gasteiger partial charge in [0.05, 0.1) is 22.9 Å². The lowest BCUT2D eigenvalue weighted by molar-refractivity contribution is -0.154. The molecule has 1 aliphatic carbocycles. The van der Waals surface area contributed by atoms with Gasteiger partial charge in [-0.1, -0.05) is 6.07 Å². The lowest BCUT2D eigenvalue weighted by atomic mass is 10.0. The predicted octanol–water partition coefficient (Wildman–Crippen LogP) is 4.20. The second-order valence-corrected chi connectivity index (χ2v) is 9.46. The molecule has 1 amide bonds. The number of hydrogen-bond donors (Lipinski definition) is 2. The lowest BCUT2D eigenvalue weighted by Crippen LogP contribution is -2.45. The summed E-state index contributed by atoms with van der Waals surface area (Å²) in [6, 6.07) is 11.2. The van der Waals surface area contributed by atoms with Gasteiger partial charge in [0.15, 0.2) is 5.82 Å². The topological polar surface area (TPSA) is 110 Å². The largest absolute Gasteiger partial charge is 0.408 e. The van der Waals surface area contributed by atoms with E-state index in [2.05, 4.69) is 31.7 Å². The van der Waals surface area contributed by atoms with Crippen molar-refractivity contribution in [2.75, 3.05) is 23.4 Å². The maximum atomic E-state index is 13.5. The van der Waals surface area contributed by atoms with Gasteiger partial charge in [-0.3, -0.25) is 9.78 Å². The van der Waals surface area contributed by atoms with Gasteiger partial charge in [0, 0.05) is 30.2 Å². The fourth-order valence-corrected chi connectivity index (χ4v) is 4.49. The number of anilines is 4. The summed E-state index contributed by atoms with van der Waals surface area (Å²) in [5, 5.41) is 17.7. The Labute approximate surface area is 217 Å². The van der Waals surface area contributed by atoms with Crippen LogP contribution in [0.2, 0.25) is 0 Å². The van der Waals surface area contributed by atoms with Crippen molar-refractivity contribution in [2.24, 2.45) is 0 Å². The highest BCUT2D eigenvalue weighted by Crippen LogP contribution is 2.47. The third-order valence-electron chi connectivity index (χ3n) is 6.66. The number of benzene rings is 1. The molecule has 2 aromatic heterocycles. The molecule has 0 spiro atoms. The molecule has 0 radical (unpaired) electrons. The van der Waals surface area contributed by atoms with Crippen LogP contribution in [0.15, 0.2) is 42.7 Å². The number of carbonyl (C=O) groups excluding carboxylic acids is 1. The van der Waals surface area contributed by atoms with Crippen LogP contribution in [0, 0.1) is 18.3 Å². The monoisotopic (exact) mass is 522 g/mol. The van der Waals surface area contributed by atoms with Crippen molar-refractivity contribution in [1.29, 1.82) is 5.26 Å². The number of hydrazine groups is 1. The second-order valence-electron chi connectivity index (χ2n) is 9.46. The number of alkyl halides is 3. The van der Waals surface area contributed by atoms with Crippen LogP contribution in [0.1, 0.15) is 35.2 Å². The Kier molecular flexibility index (Phi) is 6.62. The van der Waals surface area contributed by atoms with Gasteiger partial charge in [-0.15, -0.1) is 0 Å². The van der Waals surface area contributed by atoms with Crippen molar-refractivity contribution in [3.63, 3.8) is 0 Å². The smallest absolute Gasteiger partial charge is 0.324 e. The number of nitriles is 1. The molecule has 2 N–H and O–H groups in total. The SMILES string of the molecule is Cc1cnc(Nc2ccc3c(c2)CNCC3)nc1N(c1ccnc(C2(C#N)CC2)c1)N(C=O)CC(F)(F)F. The molecule has 3 heterocycles. The van der Waals surface area contributed by atoms with Crippen LogP contribution in [0.5, 0.6) is 0 Å². The molecule has 196 valence electrons. The van der Waals surface area contributed by atoms with Gasteiger partial charge in [0.1, 0.15) is 6.54 Å². The standard InChI is InChI=1S/C26H25F3N8O/c1-17-12-33-24(34-20-3-2-18-4-8-31-13-19(18)10-20)35-23(17)37(36(16-38)15-26(27,28)29)21-5-9-32-22(11-21)25(14-30)6-7-25/h2-3,5,9-12,16,31H,4,6-8,13,15H2,1H3,(H,33,34,35). The van der Waals surface area contributed by atoms with Crippen molar-refractivity contribution in [1.82, 2.24) is 25.3 Å². The third kappa shape index (κ3) is 5.24. The first-order valence-corrected chi connectivity index (χ1v) is 12.1. The molecule has 5 rings (SSSR count). The van der Waals surface area contributed by atoms with E-state index in [9.17, 15) is 23.2 Å². The molecule has 2 aliphatic rings. The number of rotatable bonds is 8. The Bertz CT molecular complexity index is 1400. The molecule has 0 atom stereocenters. The van der Waals surface area contributed by atoms with Gasteiger partial charge in [0.2, 0.25) is 12.4 Å². The van der Waals surface area contributed by atoms with Crippen molar-refractivity contribution < 1.29 is 18.0 Å². The summed E-state index contributed by atoms with van der Waals surface area (Å²) in [5.74, 6) is 0.236. The van der Waals surface area contributed by atoms with E-state index in [-0.39, 0.29) is 23.9 Å². The number of nitrogens with zero attached hydrogens (tertiary/aromatic N) is 6. The number of pyridine rings is 1. The molecule has 38 heavy (non-hydrogen) atoms. The van der Waals surface area contributed by atoms with Crippen LogP contribution in [0.3, 0.4) is 0 Å². The van der Waals surface area contributed by atoms with E-state index in [1.165, 1.54) is 30.1 Å². The average molecular weight is 523 g/mol. The zero-order valence-corrected chi connectivity index (χ0v) is 20.6. The van der Waals surface area contributed by atoms with Gasteiger partial charge in [-0.05, 0) is 68.1 Å². The summed E-state index contributed by atoms with van der Waals surface area (Å²) in [6.07, 6.45) is 0.482. The fourth-order valence-electron chi connectivity index (χ4n) is 4.49. The number of hydrogen-bond acceptors (Lipinski definition) is 8. The Morgan fingerprint density at radius 3 is 2.74 bits per heavy atom. The van der Waals surface area contributed by atoms with Crippen molar-refractivity contribution in [2.45, 2.75) is 44.3 Å². The molecule has 1 saturated carbocycles. The van der Waals surface area contributed by atoms with Crippen LogP contribution < -0.4 is 15.6 Å². The van der Waals surface area contributed by atoms with Crippen molar-refractivity contribution in [3.8, 4) is 6.07 Å². The average Bonchev–Trinajstić information content (AvgIpc) is 3.71. The Hall–Kier alpha value is -4.24. The van der Waals surface area contributed by atoms with E-state index in [0.29, 0.717) is 29.1 Å². The summed E-state index contributed by atoms with van der Waals surface area (Å²) < 4.78 is 40.5. The number of carbonyl (C=O) groups is 1. The van der Waals surface area contributed by atoms with Crippen LogP contribution in [0.4, 0.5) is 36.3 Å². The minimum atomic E-state index is -4.67. The molecule has 1 aliphatic heterocycles. The number of aryl methyl sites for hydroxylation is 1. The fraction of sp³-hybridized carbons (Fsp3) is 0.346. The third-order valence-corrected chi connectivity index (χ3v) is 6.66. The number of fused-ring (bicyclic) bond motifs is 1. The normalized spacial score (nSPS) is 15.7. The molecule has 0 saturated heterocycles. The highest BCUT2D eigenvalue weighted by Gasteiger charge is 2.46. The second kappa shape index (κ2) is 9.90. The zero-order chi connectivity index (χ0) is 26.9. The van der Waals surface area contributed by atoms with E-state index >= 15 is 0 Å². The zero-order valence-electron chi connectivity index (χ0n) is 20.6. The van der Waals surface area contributed by atoms with E-state index in [0.717, 1.165) is 35.8 Å². The van der Waals surface area contributed by atoms with E-state index < -0.39 is 18.1 Å². The molecule has 9 nitrogen and oxygen atoms in total. The van der Waals surface area contributed by atoms with Crippen LogP contribution in [0.25, 0.3) is 0 Å². The van der Waals surface area contributed by atoms with Crippen LogP contribution in [-0.2, 0) is 23.2 Å². The molecule has 1 fully saturated rings. The summed E-state index contributed by atoms with van der Waals surface area (Å²) in [4.78, 5) is 25.1. The van der Waals surface area contributed by atoms with Gasteiger partial charge >= 0.3 is 6.18 Å². The maximum Gasteiger partial charge on any atom is 0.408 e. The van der Waals surface area contributed by atoms with Gasteiger partial charge in [-0.25, -0.2) is 15.0 Å². The first-order chi connectivity index (χ1) is 18.2. The number of amides is 1. The first-order valence-electron chi connectivity index (χ1n) is 12.1. The quantitative estimate of drug-likeness (QED) is 0.335. The highest BCUT2D eigenvalue weighted by molar-refractivity contribution is 5.69. The number of halogens is 3. The summed E-state index contributed by atoms with van der Waals surface area (Å²) >= 11 is 0. The number of nitrogens with one attached hydrogen (secondary N) is 2. The lowest BCUT2D eigenvalue weighted by Gasteiger charge is -2.34. The summed E-state index contributed by atoms with van der Waals surface area (Å²) in [7, 11) is 0. The maximum absolute atomic E-state index is 13.5. The van der Waals surface area contributed by atoms with E-state index in [1.54, 1.807) is 6.92 Å². The molecule has 1 aromatic carbocycles. The Morgan fingerprint density at radius 1 is 1.21 bits per heavy atom. The first kappa shape index (κ1) is 25.4. The molecule has 12 heteroatoms. The van der Waals surface area contributed by atoms with Gasteiger partial charge in [0.25, 0.3) is 0 Å². The Balaban J connectivity index is 1.55. The molecule has 0 unspecified atom stereocenters. The van der Waals surface area contributed by atoms with Crippen LogP contribution in [-0.4, -0.2) is 45.6 Å². The number of aromatic nitrogens is 3. The van der Waals surface area contributed by atoms with Crippen molar-refractivity contribution >= 4 is 29.6 Å². The predicted molar refractivity (Wildman–Crippen MR) is 134 cm³/mol. The summed E-state index contributed by atoms with van der Waals surface area (Å²) in [6.45, 7) is 1.75. The molecule has 0 bridgehead atoms.